The molecular weight excluding hydrogens is 279 g/mol. The Morgan fingerprint density at radius 3 is 2.45 bits per heavy atom. The normalized spacial score (nSPS) is 12.8. The second kappa shape index (κ2) is 5.78. The van der Waals surface area contributed by atoms with Crippen LogP contribution in [0.15, 0.2) is 18.2 Å². The number of halogens is 3. The van der Waals surface area contributed by atoms with E-state index < -0.39 is 47.5 Å². The van der Waals surface area contributed by atoms with Gasteiger partial charge in [0, 0.05) is 0 Å². The van der Waals surface area contributed by atoms with Crippen molar-refractivity contribution in [3.63, 3.8) is 0 Å². The first-order valence-corrected chi connectivity index (χ1v) is 5.36. The van der Waals surface area contributed by atoms with Gasteiger partial charge in [0.25, 0.3) is 0 Å². The first kappa shape index (κ1) is 15.8. The summed E-state index contributed by atoms with van der Waals surface area (Å²) >= 11 is 0. The molecule has 6 nitrogen and oxygen atoms in total. The van der Waals surface area contributed by atoms with Crippen LogP contribution in [-0.2, 0) is 15.8 Å². The lowest BCUT2D eigenvalue weighted by atomic mass is 10.1. The van der Waals surface area contributed by atoms with Crippen LogP contribution in [-0.4, -0.2) is 23.0 Å². The Bertz CT molecular complexity index is 531. The van der Waals surface area contributed by atoms with Crippen LogP contribution >= 0.6 is 0 Å². The molecule has 0 aliphatic carbocycles. The van der Waals surface area contributed by atoms with Crippen molar-refractivity contribution in [2.24, 2.45) is 11.5 Å². The molecule has 9 heteroatoms. The zero-order valence-electron chi connectivity index (χ0n) is 10.1. The molecule has 0 aliphatic heterocycles. The number of alkyl halides is 3. The summed E-state index contributed by atoms with van der Waals surface area (Å²) in [6.07, 6.45) is -5.09. The summed E-state index contributed by atoms with van der Waals surface area (Å²) in [4.78, 5) is 22.1. The summed E-state index contributed by atoms with van der Waals surface area (Å²) in [7, 11) is 0. The van der Waals surface area contributed by atoms with Crippen LogP contribution in [0.1, 0.15) is 12.0 Å². The van der Waals surface area contributed by atoms with Gasteiger partial charge in [-0.3, -0.25) is 9.59 Å². The van der Waals surface area contributed by atoms with Gasteiger partial charge in [0.05, 0.1) is 23.7 Å². The lowest BCUT2D eigenvalue weighted by molar-refractivity contribution is -0.137. The van der Waals surface area contributed by atoms with Gasteiger partial charge in [-0.1, -0.05) is 0 Å². The number of phenols is 1. The van der Waals surface area contributed by atoms with Crippen molar-refractivity contribution in [3.05, 3.63) is 23.8 Å². The highest BCUT2D eigenvalue weighted by molar-refractivity contribution is 5.98. The van der Waals surface area contributed by atoms with E-state index in [4.69, 9.17) is 11.5 Å². The molecule has 0 bridgehead atoms. The molecule has 0 radical (unpaired) electrons. The largest absolute Gasteiger partial charge is 0.506 e. The third-order valence-electron chi connectivity index (χ3n) is 2.34. The van der Waals surface area contributed by atoms with Crippen molar-refractivity contribution < 1.29 is 27.9 Å². The molecule has 0 spiro atoms. The smallest absolute Gasteiger partial charge is 0.416 e. The Balaban J connectivity index is 2.92. The Morgan fingerprint density at radius 1 is 1.35 bits per heavy atom. The van der Waals surface area contributed by atoms with Crippen LogP contribution in [0.25, 0.3) is 0 Å². The van der Waals surface area contributed by atoms with Gasteiger partial charge >= 0.3 is 6.18 Å². The predicted molar refractivity (Wildman–Crippen MR) is 63.5 cm³/mol. The molecular formula is C11H12F3N3O3. The maximum absolute atomic E-state index is 12.5. The molecule has 0 saturated carbocycles. The van der Waals surface area contributed by atoms with Crippen LogP contribution in [0.5, 0.6) is 5.75 Å². The molecule has 1 aromatic carbocycles. The fraction of sp³-hybridized carbons (Fsp3) is 0.273. The number of rotatable bonds is 4. The SMILES string of the molecule is NC(=O)CC(N)C(=O)Nc1cc(C(F)(F)F)ccc1O. The van der Waals surface area contributed by atoms with Crippen molar-refractivity contribution in [3.8, 4) is 5.75 Å². The third-order valence-corrected chi connectivity index (χ3v) is 2.34. The van der Waals surface area contributed by atoms with Crippen molar-refractivity contribution in [1.29, 1.82) is 0 Å². The highest BCUT2D eigenvalue weighted by atomic mass is 19.4. The average molecular weight is 291 g/mol. The minimum absolute atomic E-state index is 0.454. The number of phenolic OH excluding ortho intramolecular Hbond substituents is 1. The van der Waals surface area contributed by atoms with E-state index in [2.05, 4.69) is 0 Å². The van der Waals surface area contributed by atoms with E-state index in [1.165, 1.54) is 0 Å². The second-order valence-electron chi connectivity index (χ2n) is 4.00. The quantitative estimate of drug-likeness (QED) is 0.606. The van der Waals surface area contributed by atoms with Gasteiger partial charge in [0.2, 0.25) is 11.8 Å². The fourth-order valence-corrected chi connectivity index (χ4v) is 1.35. The van der Waals surface area contributed by atoms with E-state index in [0.717, 1.165) is 6.07 Å². The average Bonchev–Trinajstić information content (AvgIpc) is 2.29. The highest BCUT2D eigenvalue weighted by Crippen LogP contribution is 2.34. The molecule has 6 N–H and O–H groups in total. The molecule has 0 fully saturated rings. The topological polar surface area (TPSA) is 118 Å². The molecule has 20 heavy (non-hydrogen) atoms. The van der Waals surface area contributed by atoms with Crippen molar-refractivity contribution >= 4 is 17.5 Å². The lowest BCUT2D eigenvalue weighted by Crippen LogP contribution is -2.39. The second-order valence-corrected chi connectivity index (χ2v) is 4.00. The number of aromatic hydroxyl groups is 1. The van der Waals surface area contributed by atoms with Crippen LogP contribution in [0, 0.1) is 0 Å². The number of amides is 2. The van der Waals surface area contributed by atoms with E-state index in [9.17, 15) is 27.9 Å². The van der Waals surface area contributed by atoms with Gasteiger partial charge in [-0.05, 0) is 18.2 Å². The van der Waals surface area contributed by atoms with E-state index in [-0.39, 0.29) is 0 Å². The van der Waals surface area contributed by atoms with Crippen LogP contribution in [0.3, 0.4) is 0 Å². The van der Waals surface area contributed by atoms with E-state index in [1.54, 1.807) is 0 Å². The van der Waals surface area contributed by atoms with Crippen LogP contribution < -0.4 is 16.8 Å². The number of hydrogen-bond acceptors (Lipinski definition) is 4. The fourth-order valence-electron chi connectivity index (χ4n) is 1.35. The zero-order chi connectivity index (χ0) is 15.5. The van der Waals surface area contributed by atoms with E-state index in [1.807, 2.05) is 5.32 Å². The number of anilines is 1. The van der Waals surface area contributed by atoms with Gasteiger partial charge in [-0.25, -0.2) is 0 Å². The Hall–Kier alpha value is -2.29. The van der Waals surface area contributed by atoms with Gasteiger partial charge in [-0.15, -0.1) is 0 Å². The molecule has 1 unspecified atom stereocenters. The number of carbonyl (C=O) groups is 2. The summed E-state index contributed by atoms with van der Waals surface area (Å²) in [5.74, 6) is -2.32. The van der Waals surface area contributed by atoms with E-state index in [0.29, 0.717) is 12.1 Å². The number of primary amides is 1. The molecule has 0 aliphatic rings. The first-order chi connectivity index (χ1) is 9.11. The molecule has 2 amide bonds. The summed E-state index contributed by atoms with van der Waals surface area (Å²) in [5.41, 5.74) is 8.66. The highest BCUT2D eigenvalue weighted by Gasteiger charge is 2.31. The molecule has 0 saturated heterocycles. The van der Waals surface area contributed by atoms with Gasteiger partial charge in [0.15, 0.2) is 0 Å². The minimum Gasteiger partial charge on any atom is -0.506 e. The summed E-state index contributed by atoms with van der Waals surface area (Å²) in [6.45, 7) is 0. The summed E-state index contributed by atoms with van der Waals surface area (Å²) < 4.78 is 37.5. The molecule has 1 rings (SSSR count). The number of hydrogen-bond donors (Lipinski definition) is 4. The van der Waals surface area contributed by atoms with Gasteiger partial charge < -0.3 is 21.9 Å². The minimum atomic E-state index is -4.62. The summed E-state index contributed by atoms with van der Waals surface area (Å²) in [5, 5.41) is 11.4. The molecule has 1 atom stereocenters. The summed E-state index contributed by atoms with van der Waals surface area (Å²) in [6, 6.07) is 0.692. The number of nitrogens with two attached hydrogens (primary N) is 2. The molecule has 1 aromatic rings. The maximum atomic E-state index is 12.5. The lowest BCUT2D eigenvalue weighted by Gasteiger charge is -2.14. The van der Waals surface area contributed by atoms with Crippen molar-refractivity contribution in [2.45, 2.75) is 18.6 Å². The Morgan fingerprint density at radius 2 is 1.95 bits per heavy atom. The van der Waals surface area contributed by atoms with Gasteiger partial charge in [-0.2, -0.15) is 13.2 Å². The molecule has 0 heterocycles. The maximum Gasteiger partial charge on any atom is 0.416 e. The van der Waals surface area contributed by atoms with E-state index >= 15 is 0 Å². The first-order valence-electron chi connectivity index (χ1n) is 5.36. The Labute approximate surface area is 111 Å². The van der Waals surface area contributed by atoms with Crippen LogP contribution in [0.2, 0.25) is 0 Å². The van der Waals surface area contributed by atoms with Crippen molar-refractivity contribution in [1.82, 2.24) is 0 Å². The Kier molecular flexibility index (Phi) is 4.56. The monoisotopic (exact) mass is 291 g/mol. The molecule has 110 valence electrons. The number of nitrogens with one attached hydrogen (secondary N) is 1. The third kappa shape index (κ3) is 4.12. The van der Waals surface area contributed by atoms with Crippen LogP contribution in [0.4, 0.5) is 18.9 Å². The standard InChI is InChI=1S/C11H12F3N3O3/c12-11(13,14)5-1-2-8(18)7(3-5)17-10(20)6(15)4-9(16)19/h1-3,6,18H,4,15H2,(H2,16,19)(H,17,20). The van der Waals surface area contributed by atoms with Crippen molar-refractivity contribution in [2.75, 3.05) is 5.32 Å². The van der Waals surface area contributed by atoms with Gasteiger partial charge in [0.1, 0.15) is 5.75 Å². The number of carbonyl (C=O) groups excluding carboxylic acids is 2. The number of benzene rings is 1. The predicted octanol–water partition coefficient (Wildman–Crippen LogP) is 0.552. The molecule has 0 aromatic heterocycles. The zero-order valence-corrected chi connectivity index (χ0v) is 10.1.